The number of aromatic amines is 1. The van der Waals surface area contributed by atoms with Crippen LogP contribution in [-0.2, 0) is 0 Å². The summed E-state index contributed by atoms with van der Waals surface area (Å²) in [7, 11) is 0. The summed E-state index contributed by atoms with van der Waals surface area (Å²) >= 11 is 0. The van der Waals surface area contributed by atoms with Crippen LogP contribution in [0.25, 0.3) is 0 Å². The molecule has 1 unspecified atom stereocenters. The number of nitrogens with zero attached hydrogens (tertiary/aromatic N) is 1. The average molecular weight is 291 g/mol. The van der Waals surface area contributed by atoms with Gasteiger partial charge in [0.05, 0.1) is 5.56 Å². The van der Waals surface area contributed by atoms with Crippen molar-refractivity contribution in [3.8, 4) is 5.88 Å². The lowest BCUT2D eigenvalue weighted by Crippen LogP contribution is -2.46. The molecule has 0 radical (unpaired) electrons. The first kappa shape index (κ1) is 14.1. The van der Waals surface area contributed by atoms with E-state index < -0.39 is 5.56 Å². The maximum atomic E-state index is 12.6. The van der Waals surface area contributed by atoms with Gasteiger partial charge in [0.2, 0.25) is 0 Å². The number of carbonyl (C=O) groups excluding carboxylic acids is 1. The molecular formula is C15H21N3O3. The number of aromatic hydroxyl groups is 1. The predicted molar refractivity (Wildman–Crippen MR) is 78.4 cm³/mol. The molecule has 1 atom stereocenters. The van der Waals surface area contributed by atoms with Gasteiger partial charge in [-0.25, -0.2) is 0 Å². The highest BCUT2D eigenvalue weighted by Crippen LogP contribution is 2.29. The minimum absolute atomic E-state index is 0.161. The van der Waals surface area contributed by atoms with Crippen molar-refractivity contribution in [1.82, 2.24) is 15.2 Å². The highest BCUT2D eigenvalue weighted by Gasteiger charge is 2.34. The summed E-state index contributed by atoms with van der Waals surface area (Å²) in [4.78, 5) is 28.2. The summed E-state index contributed by atoms with van der Waals surface area (Å²) in [5.74, 6) is -0.427. The van der Waals surface area contributed by atoms with Crippen LogP contribution in [0.1, 0.15) is 42.5 Å². The summed E-state index contributed by atoms with van der Waals surface area (Å²) in [6.45, 7) is 1.68. The van der Waals surface area contributed by atoms with E-state index in [0.717, 1.165) is 25.8 Å². The number of carbonyl (C=O) groups is 1. The Balaban J connectivity index is 1.76. The van der Waals surface area contributed by atoms with Gasteiger partial charge < -0.3 is 15.3 Å². The van der Waals surface area contributed by atoms with Gasteiger partial charge in [-0.1, -0.05) is 6.42 Å². The second-order valence-corrected chi connectivity index (χ2v) is 5.95. The molecule has 2 aliphatic rings. The quantitative estimate of drug-likeness (QED) is 0.767. The van der Waals surface area contributed by atoms with Gasteiger partial charge in [0.15, 0.2) is 5.88 Å². The molecule has 3 rings (SSSR count). The first-order valence-electron chi connectivity index (χ1n) is 7.61. The van der Waals surface area contributed by atoms with Crippen LogP contribution in [0.15, 0.2) is 16.9 Å². The van der Waals surface area contributed by atoms with Crippen LogP contribution in [0, 0.1) is 0 Å². The zero-order valence-electron chi connectivity index (χ0n) is 12.0. The van der Waals surface area contributed by atoms with Gasteiger partial charge in [0, 0.05) is 30.8 Å². The molecule has 1 amide bonds. The van der Waals surface area contributed by atoms with Crippen LogP contribution in [0.2, 0.25) is 0 Å². The maximum absolute atomic E-state index is 12.6. The van der Waals surface area contributed by atoms with Gasteiger partial charge in [-0.3, -0.25) is 14.6 Å². The van der Waals surface area contributed by atoms with E-state index in [4.69, 9.17) is 0 Å². The summed E-state index contributed by atoms with van der Waals surface area (Å²) < 4.78 is 0. The fourth-order valence-corrected chi connectivity index (χ4v) is 2.92. The third-order valence-corrected chi connectivity index (χ3v) is 4.16. The van der Waals surface area contributed by atoms with Gasteiger partial charge in [-0.05, 0) is 32.2 Å². The molecule has 1 aliphatic carbocycles. The van der Waals surface area contributed by atoms with Crippen LogP contribution in [0.3, 0.4) is 0 Å². The molecule has 1 aliphatic heterocycles. The number of piperidine rings is 1. The second kappa shape index (κ2) is 5.89. The van der Waals surface area contributed by atoms with E-state index in [1.807, 2.05) is 4.90 Å². The molecule has 1 saturated heterocycles. The summed E-state index contributed by atoms with van der Waals surface area (Å²) in [6.07, 6.45) is 5.50. The Hall–Kier alpha value is -1.82. The van der Waals surface area contributed by atoms with E-state index in [2.05, 4.69) is 10.3 Å². The highest BCUT2D eigenvalue weighted by molar-refractivity contribution is 5.94. The van der Waals surface area contributed by atoms with E-state index in [1.165, 1.54) is 25.0 Å². The largest absolute Gasteiger partial charge is 0.494 e. The van der Waals surface area contributed by atoms with Gasteiger partial charge in [-0.15, -0.1) is 0 Å². The Morgan fingerprint density at radius 2 is 2.10 bits per heavy atom. The smallest absolute Gasteiger partial charge is 0.254 e. The first-order chi connectivity index (χ1) is 10.1. The van der Waals surface area contributed by atoms with Gasteiger partial charge in [0.25, 0.3) is 11.5 Å². The van der Waals surface area contributed by atoms with Gasteiger partial charge >= 0.3 is 0 Å². The molecule has 2 heterocycles. The number of amides is 1. The minimum atomic E-state index is -0.454. The fourth-order valence-electron chi connectivity index (χ4n) is 2.92. The predicted octanol–water partition coefficient (Wildman–Crippen LogP) is 0.827. The lowest BCUT2D eigenvalue weighted by molar-refractivity contribution is 0.0717. The Bertz CT molecular complexity index is 574. The third kappa shape index (κ3) is 3.44. The van der Waals surface area contributed by atoms with E-state index in [9.17, 15) is 14.7 Å². The lowest BCUT2D eigenvalue weighted by atomic mass is 10.0. The molecule has 0 aromatic carbocycles. The number of H-pyrrole nitrogens is 1. The molecule has 6 nitrogen and oxygen atoms in total. The van der Waals surface area contributed by atoms with Crippen molar-refractivity contribution in [1.29, 1.82) is 0 Å². The number of pyridine rings is 1. The van der Waals surface area contributed by atoms with Crippen molar-refractivity contribution in [3.63, 3.8) is 0 Å². The summed E-state index contributed by atoms with van der Waals surface area (Å²) in [6, 6.07) is 3.20. The van der Waals surface area contributed by atoms with Crippen molar-refractivity contribution in [2.45, 2.75) is 44.2 Å². The number of aromatic nitrogens is 1. The number of hydrogen-bond donors (Lipinski definition) is 3. The molecule has 1 aromatic heterocycles. The monoisotopic (exact) mass is 291 g/mol. The Kier molecular flexibility index (Phi) is 3.96. The first-order valence-corrected chi connectivity index (χ1v) is 7.61. The molecule has 2 fully saturated rings. The normalized spacial score (nSPS) is 22.0. The van der Waals surface area contributed by atoms with Crippen LogP contribution in [0.5, 0.6) is 5.88 Å². The number of rotatable bonds is 4. The highest BCUT2D eigenvalue weighted by atomic mass is 16.3. The Labute approximate surface area is 123 Å². The second-order valence-electron chi connectivity index (χ2n) is 5.95. The molecule has 21 heavy (non-hydrogen) atoms. The molecule has 114 valence electrons. The standard InChI is InChI=1S/C15H21N3O3/c19-13-7-10(8-14(20)17-13)15(21)18(12-4-5-12)9-11-3-1-2-6-16-11/h7-8,11-12,16H,1-6,9H2,(H2,17,19,20). The van der Waals surface area contributed by atoms with Crippen molar-refractivity contribution >= 4 is 5.91 Å². The van der Waals surface area contributed by atoms with E-state index in [1.54, 1.807) is 0 Å². The van der Waals surface area contributed by atoms with E-state index in [0.29, 0.717) is 12.6 Å². The molecule has 1 saturated carbocycles. The number of nitrogens with one attached hydrogen (secondary N) is 2. The topological polar surface area (TPSA) is 85.4 Å². The maximum Gasteiger partial charge on any atom is 0.254 e. The zero-order chi connectivity index (χ0) is 14.8. The summed E-state index contributed by atoms with van der Waals surface area (Å²) in [5.41, 5.74) is -0.191. The molecule has 1 aromatic rings. The molecular weight excluding hydrogens is 270 g/mol. The van der Waals surface area contributed by atoms with Crippen LogP contribution < -0.4 is 10.9 Å². The molecule has 0 bridgehead atoms. The molecule has 3 N–H and O–H groups in total. The van der Waals surface area contributed by atoms with E-state index in [-0.39, 0.29) is 23.4 Å². The SMILES string of the molecule is O=C(c1cc(O)[nH]c(=O)c1)N(CC1CCCCN1)C1CC1. The zero-order valence-corrected chi connectivity index (χ0v) is 12.0. The van der Waals surface area contributed by atoms with Gasteiger partial charge in [0.1, 0.15) is 0 Å². The molecule has 6 heteroatoms. The van der Waals surface area contributed by atoms with E-state index >= 15 is 0 Å². The average Bonchev–Trinajstić information content (AvgIpc) is 3.29. The van der Waals surface area contributed by atoms with Gasteiger partial charge in [-0.2, -0.15) is 0 Å². The lowest BCUT2D eigenvalue weighted by Gasteiger charge is -2.30. The van der Waals surface area contributed by atoms with Crippen molar-refractivity contribution in [3.05, 3.63) is 28.0 Å². The van der Waals surface area contributed by atoms with Crippen LogP contribution in [-0.4, -0.2) is 46.1 Å². The minimum Gasteiger partial charge on any atom is -0.494 e. The van der Waals surface area contributed by atoms with Crippen molar-refractivity contribution in [2.75, 3.05) is 13.1 Å². The third-order valence-electron chi connectivity index (χ3n) is 4.16. The summed E-state index contributed by atoms with van der Waals surface area (Å²) in [5, 5.41) is 12.9. The molecule has 0 spiro atoms. The Morgan fingerprint density at radius 1 is 1.29 bits per heavy atom. The fraction of sp³-hybridized carbons (Fsp3) is 0.600. The van der Waals surface area contributed by atoms with Crippen molar-refractivity contribution in [2.24, 2.45) is 0 Å². The van der Waals surface area contributed by atoms with Crippen LogP contribution >= 0.6 is 0 Å². The van der Waals surface area contributed by atoms with Crippen LogP contribution in [0.4, 0.5) is 0 Å². The Morgan fingerprint density at radius 3 is 2.71 bits per heavy atom. The number of hydrogen-bond acceptors (Lipinski definition) is 4. The van der Waals surface area contributed by atoms with Crippen molar-refractivity contribution < 1.29 is 9.90 Å².